The van der Waals surface area contributed by atoms with E-state index >= 15 is 0 Å². The molecule has 8 heteroatoms. The molecule has 1 aliphatic heterocycles. The molecule has 0 bridgehead atoms. The first-order chi connectivity index (χ1) is 12.0. The number of urea groups is 1. The van der Waals surface area contributed by atoms with Gasteiger partial charge in [-0.3, -0.25) is 4.79 Å². The van der Waals surface area contributed by atoms with Crippen molar-refractivity contribution < 1.29 is 18.4 Å². The fourth-order valence-electron chi connectivity index (χ4n) is 2.33. The minimum atomic E-state index is -0.865. The van der Waals surface area contributed by atoms with Crippen molar-refractivity contribution in [3.05, 3.63) is 59.7 Å². The van der Waals surface area contributed by atoms with Crippen LogP contribution in [0.3, 0.4) is 0 Å². The molecule has 3 N–H and O–H groups in total. The summed E-state index contributed by atoms with van der Waals surface area (Å²) >= 11 is 0. The first-order valence-corrected chi connectivity index (χ1v) is 7.50. The molecule has 1 aliphatic rings. The van der Waals surface area contributed by atoms with Crippen molar-refractivity contribution in [2.24, 2.45) is 5.10 Å². The van der Waals surface area contributed by atoms with Gasteiger partial charge in [-0.05, 0) is 29.8 Å². The lowest BCUT2D eigenvalue weighted by molar-refractivity contribution is -0.121. The van der Waals surface area contributed by atoms with E-state index in [-0.39, 0.29) is 11.6 Å². The van der Waals surface area contributed by atoms with Crippen LogP contribution in [0.2, 0.25) is 0 Å². The minimum absolute atomic E-state index is 0.130. The molecule has 3 amide bonds. The molecule has 0 saturated carbocycles. The van der Waals surface area contributed by atoms with Crippen LogP contribution >= 0.6 is 0 Å². The highest BCUT2D eigenvalue weighted by molar-refractivity contribution is 6.06. The molecule has 2 aromatic carbocycles. The summed E-state index contributed by atoms with van der Waals surface area (Å²) in [4.78, 5) is 23.1. The van der Waals surface area contributed by atoms with E-state index in [0.717, 1.165) is 17.7 Å². The molecule has 0 atom stereocenters. The van der Waals surface area contributed by atoms with E-state index in [9.17, 15) is 18.4 Å². The lowest BCUT2D eigenvalue weighted by Crippen LogP contribution is -2.26. The third-order valence-electron chi connectivity index (χ3n) is 3.54. The van der Waals surface area contributed by atoms with Crippen LogP contribution < -0.4 is 16.1 Å². The van der Waals surface area contributed by atoms with Gasteiger partial charge >= 0.3 is 6.03 Å². The number of nitrogens with zero attached hydrogens (tertiary/aromatic N) is 1. The second kappa shape index (κ2) is 7.08. The third kappa shape index (κ3) is 4.17. The zero-order valence-electron chi connectivity index (χ0n) is 13.0. The van der Waals surface area contributed by atoms with Crippen molar-refractivity contribution in [1.29, 1.82) is 0 Å². The van der Waals surface area contributed by atoms with E-state index in [1.165, 1.54) is 0 Å². The Morgan fingerprint density at radius 1 is 1.08 bits per heavy atom. The maximum atomic E-state index is 13.6. The van der Waals surface area contributed by atoms with Crippen molar-refractivity contribution in [3.8, 4) is 0 Å². The van der Waals surface area contributed by atoms with E-state index < -0.39 is 17.7 Å². The number of amides is 3. The monoisotopic (exact) mass is 344 g/mol. The Bertz CT molecular complexity index is 867. The zero-order valence-corrected chi connectivity index (χ0v) is 13.0. The summed E-state index contributed by atoms with van der Waals surface area (Å²) in [6.45, 7) is 0. The number of nitrogens with one attached hydrogen (secondary N) is 3. The topological polar surface area (TPSA) is 82.6 Å². The van der Waals surface area contributed by atoms with E-state index in [1.54, 1.807) is 24.3 Å². The molecule has 0 fully saturated rings. The first-order valence-electron chi connectivity index (χ1n) is 7.50. The first kappa shape index (κ1) is 16.6. The number of hydrogen-bond acceptors (Lipinski definition) is 3. The Morgan fingerprint density at radius 2 is 1.92 bits per heavy atom. The molecule has 0 aromatic heterocycles. The van der Waals surface area contributed by atoms with Gasteiger partial charge in [0.1, 0.15) is 11.6 Å². The molecule has 6 nitrogen and oxygen atoms in total. The maximum Gasteiger partial charge on any atom is 0.323 e. The summed E-state index contributed by atoms with van der Waals surface area (Å²) in [7, 11) is 0. The van der Waals surface area contributed by atoms with Crippen LogP contribution in [-0.4, -0.2) is 17.6 Å². The number of hydrogen-bond donors (Lipinski definition) is 3. The predicted molar refractivity (Wildman–Crippen MR) is 89.4 cm³/mol. The van der Waals surface area contributed by atoms with Crippen molar-refractivity contribution in [3.63, 3.8) is 0 Å². The van der Waals surface area contributed by atoms with Crippen LogP contribution in [0, 0.1) is 11.6 Å². The smallest absolute Gasteiger partial charge is 0.308 e. The molecule has 0 unspecified atom stereocenters. The van der Waals surface area contributed by atoms with E-state index in [1.807, 2.05) is 0 Å². The zero-order chi connectivity index (χ0) is 17.8. The second-order valence-corrected chi connectivity index (χ2v) is 5.38. The Kier molecular flexibility index (Phi) is 4.69. The lowest BCUT2D eigenvalue weighted by atomic mass is 10.0. The van der Waals surface area contributed by atoms with E-state index in [4.69, 9.17) is 0 Å². The molecule has 128 valence electrons. The minimum Gasteiger partial charge on any atom is -0.308 e. The van der Waals surface area contributed by atoms with Crippen LogP contribution in [-0.2, 0) is 4.79 Å². The van der Waals surface area contributed by atoms with Crippen molar-refractivity contribution in [1.82, 2.24) is 5.43 Å². The largest absolute Gasteiger partial charge is 0.323 e. The Labute approximate surface area is 141 Å². The number of carbonyl (C=O) groups is 2. The highest BCUT2D eigenvalue weighted by Gasteiger charge is 2.14. The van der Waals surface area contributed by atoms with Crippen LogP contribution in [0.1, 0.15) is 18.4 Å². The van der Waals surface area contributed by atoms with Gasteiger partial charge in [0.25, 0.3) is 0 Å². The SMILES string of the molecule is O=C1CCC(c2cccc(NC(=O)Nc3ccc(F)cc3F)c2)=NN1. The Hall–Kier alpha value is -3.29. The normalized spacial score (nSPS) is 13.7. The van der Waals surface area contributed by atoms with Crippen LogP contribution in [0.5, 0.6) is 0 Å². The molecule has 2 aromatic rings. The average molecular weight is 344 g/mol. The van der Waals surface area contributed by atoms with E-state index in [2.05, 4.69) is 21.2 Å². The van der Waals surface area contributed by atoms with Gasteiger partial charge < -0.3 is 10.6 Å². The number of hydrazone groups is 1. The number of carbonyl (C=O) groups excluding carboxylic acids is 2. The number of rotatable bonds is 3. The molecule has 0 spiro atoms. The summed E-state index contributed by atoms with van der Waals surface area (Å²) in [5.41, 5.74) is 4.21. The highest BCUT2D eigenvalue weighted by Crippen LogP contribution is 2.17. The Balaban J connectivity index is 1.69. The van der Waals surface area contributed by atoms with Gasteiger partial charge in [-0.1, -0.05) is 12.1 Å². The molecule has 0 radical (unpaired) electrons. The summed E-state index contributed by atoms with van der Waals surface area (Å²) in [5, 5.41) is 8.87. The maximum absolute atomic E-state index is 13.6. The van der Waals surface area contributed by atoms with Crippen LogP contribution in [0.4, 0.5) is 25.0 Å². The van der Waals surface area contributed by atoms with Crippen molar-refractivity contribution in [2.45, 2.75) is 12.8 Å². The van der Waals surface area contributed by atoms with Gasteiger partial charge in [-0.2, -0.15) is 5.10 Å². The van der Waals surface area contributed by atoms with E-state index in [0.29, 0.717) is 30.3 Å². The standard InChI is InChI=1S/C17H14F2N4O2/c18-11-4-5-15(13(19)9-11)21-17(25)20-12-3-1-2-10(8-12)14-6-7-16(24)23-22-14/h1-5,8-9H,6-7H2,(H,23,24)(H2,20,21,25). The second-order valence-electron chi connectivity index (χ2n) is 5.38. The van der Waals surface area contributed by atoms with Gasteiger partial charge in [0.15, 0.2) is 0 Å². The van der Waals surface area contributed by atoms with Crippen molar-refractivity contribution >= 4 is 29.0 Å². The number of halogens is 2. The summed E-state index contributed by atoms with van der Waals surface area (Å²) < 4.78 is 26.4. The van der Waals surface area contributed by atoms with Gasteiger partial charge in [-0.25, -0.2) is 19.0 Å². The molecule has 1 heterocycles. The molecular formula is C17H14F2N4O2. The molecule has 25 heavy (non-hydrogen) atoms. The van der Waals surface area contributed by atoms with Gasteiger partial charge in [0.2, 0.25) is 5.91 Å². The van der Waals surface area contributed by atoms with Crippen molar-refractivity contribution in [2.75, 3.05) is 10.6 Å². The molecule has 3 rings (SSSR count). The molecule has 0 aliphatic carbocycles. The summed E-state index contributed by atoms with van der Waals surface area (Å²) in [5.74, 6) is -1.73. The molecular weight excluding hydrogens is 330 g/mol. The van der Waals surface area contributed by atoms with Gasteiger partial charge in [0.05, 0.1) is 11.4 Å². The fraction of sp³-hybridized carbons (Fsp3) is 0.118. The number of benzene rings is 2. The lowest BCUT2D eigenvalue weighted by Gasteiger charge is -2.13. The van der Waals surface area contributed by atoms with Crippen LogP contribution in [0.15, 0.2) is 47.6 Å². The Morgan fingerprint density at radius 3 is 2.64 bits per heavy atom. The van der Waals surface area contributed by atoms with Gasteiger partial charge in [0, 0.05) is 24.6 Å². The number of anilines is 2. The predicted octanol–water partition coefficient (Wildman–Crippen LogP) is 3.22. The van der Waals surface area contributed by atoms with Gasteiger partial charge in [-0.15, -0.1) is 0 Å². The summed E-state index contributed by atoms with van der Waals surface area (Å²) in [6.07, 6.45) is 0.850. The highest BCUT2D eigenvalue weighted by atomic mass is 19.1. The quantitative estimate of drug-likeness (QED) is 0.799. The fourth-order valence-corrected chi connectivity index (χ4v) is 2.33. The molecule has 0 saturated heterocycles. The summed E-state index contributed by atoms with van der Waals surface area (Å²) in [6, 6.07) is 9.09. The average Bonchev–Trinajstić information content (AvgIpc) is 2.58. The third-order valence-corrected chi connectivity index (χ3v) is 3.54. The van der Waals surface area contributed by atoms with Crippen LogP contribution in [0.25, 0.3) is 0 Å².